The van der Waals surface area contributed by atoms with Gasteiger partial charge in [0.15, 0.2) is 0 Å². The van der Waals surface area contributed by atoms with Crippen LogP contribution in [0.25, 0.3) is 11.1 Å². The standard InChI is InChI=1S/C42H36N2O4/c1-3-7-33(8-4-1)43(37-19-23-39(24-20-37)45-27-41-29-47-41)35-15-11-31(12-16-35)32-13-17-36(18-14-32)44(34-9-5-2-6-10-34)38-21-25-40(26-22-38)46-28-42-30-48-42/h1-26,41-42H,27-30H2. The van der Waals surface area contributed by atoms with E-state index in [0.717, 1.165) is 70.0 Å². The first kappa shape index (κ1) is 29.8. The maximum atomic E-state index is 5.88. The molecule has 6 aromatic carbocycles. The molecular weight excluding hydrogens is 596 g/mol. The van der Waals surface area contributed by atoms with E-state index in [-0.39, 0.29) is 12.2 Å². The normalized spacial score (nSPS) is 16.2. The molecule has 0 aliphatic carbocycles. The molecule has 2 heterocycles. The Kier molecular flexibility index (Phi) is 8.48. The molecule has 2 saturated heterocycles. The molecule has 0 aromatic heterocycles. The second kappa shape index (κ2) is 13.7. The van der Waals surface area contributed by atoms with Gasteiger partial charge in [0.1, 0.15) is 36.9 Å². The Morgan fingerprint density at radius 1 is 0.396 bits per heavy atom. The lowest BCUT2D eigenvalue weighted by molar-refractivity contribution is 0.263. The van der Waals surface area contributed by atoms with Crippen molar-refractivity contribution in [3.05, 3.63) is 158 Å². The van der Waals surface area contributed by atoms with E-state index in [4.69, 9.17) is 18.9 Å². The van der Waals surface area contributed by atoms with Crippen LogP contribution in [-0.2, 0) is 9.47 Å². The minimum atomic E-state index is 0.230. The minimum Gasteiger partial charge on any atom is -0.491 e. The maximum Gasteiger partial charge on any atom is 0.119 e. The van der Waals surface area contributed by atoms with E-state index < -0.39 is 0 Å². The molecule has 0 N–H and O–H groups in total. The zero-order chi connectivity index (χ0) is 32.1. The summed E-state index contributed by atoms with van der Waals surface area (Å²) < 4.78 is 22.3. The topological polar surface area (TPSA) is 50.0 Å². The van der Waals surface area contributed by atoms with Crippen molar-refractivity contribution in [2.75, 3.05) is 36.2 Å². The van der Waals surface area contributed by atoms with E-state index in [9.17, 15) is 0 Å². The summed E-state index contributed by atoms with van der Waals surface area (Å²) in [5.41, 5.74) is 8.76. The largest absolute Gasteiger partial charge is 0.491 e. The van der Waals surface area contributed by atoms with Crippen LogP contribution in [0.5, 0.6) is 11.5 Å². The zero-order valence-corrected chi connectivity index (χ0v) is 26.5. The molecule has 0 saturated carbocycles. The Hall–Kier alpha value is -5.56. The van der Waals surface area contributed by atoms with Gasteiger partial charge in [-0.2, -0.15) is 0 Å². The molecule has 2 atom stereocenters. The number of hydrogen-bond donors (Lipinski definition) is 0. The molecule has 2 fully saturated rings. The third-order valence-electron chi connectivity index (χ3n) is 8.48. The fraction of sp³-hybridized carbons (Fsp3) is 0.143. The van der Waals surface area contributed by atoms with Crippen LogP contribution in [0.4, 0.5) is 34.1 Å². The van der Waals surface area contributed by atoms with Crippen LogP contribution in [0, 0.1) is 0 Å². The minimum absolute atomic E-state index is 0.230. The van der Waals surface area contributed by atoms with Crippen LogP contribution in [0.2, 0.25) is 0 Å². The number of rotatable bonds is 13. The van der Waals surface area contributed by atoms with Gasteiger partial charge < -0.3 is 28.7 Å². The van der Waals surface area contributed by atoms with Crippen molar-refractivity contribution in [2.24, 2.45) is 0 Å². The lowest BCUT2D eigenvalue weighted by Crippen LogP contribution is -2.10. The summed E-state index contributed by atoms with van der Waals surface area (Å²) >= 11 is 0. The second-order valence-electron chi connectivity index (χ2n) is 12.0. The van der Waals surface area contributed by atoms with E-state index >= 15 is 0 Å². The van der Waals surface area contributed by atoms with Crippen molar-refractivity contribution in [3.63, 3.8) is 0 Å². The summed E-state index contributed by atoms with van der Waals surface area (Å²) in [6, 6.07) is 54.8. The number of para-hydroxylation sites is 2. The average molecular weight is 633 g/mol. The molecule has 8 rings (SSSR count). The van der Waals surface area contributed by atoms with Crippen molar-refractivity contribution < 1.29 is 18.9 Å². The van der Waals surface area contributed by atoms with Gasteiger partial charge in [0, 0.05) is 34.1 Å². The summed E-state index contributed by atoms with van der Waals surface area (Å²) in [4.78, 5) is 4.52. The summed E-state index contributed by atoms with van der Waals surface area (Å²) in [6.07, 6.45) is 0.460. The third-order valence-corrected chi connectivity index (χ3v) is 8.48. The van der Waals surface area contributed by atoms with Crippen molar-refractivity contribution >= 4 is 34.1 Å². The summed E-state index contributed by atoms with van der Waals surface area (Å²) in [5.74, 6) is 1.69. The van der Waals surface area contributed by atoms with Crippen molar-refractivity contribution in [3.8, 4) is 22.6 Å². The van der Waals surface area contributed by atoms with Crippen molar-refractivity contribution in [1.29, 1.82) is 0 Å². The van der Waals surface area contributed by atoms with Gasteiger partial charge in [-0.15, -0.1) is 0 Å². The van der Waals surface area contributed by atoms with Gasteiger partial charge in [0.05, 0.1) is 13.2 Å². The van der Waals surface area contributed by atoms with Crippen molar-refractivity contribution in [2.45, 2.75) is 12.2 Å². The Morgan fingerprint density at radius 2 is 0.688 bits per heavy atom. The van der Waals surface area contributed by atoms with Gasteiger partial charge in [-0.05, 0) is 108 Å². The average Bonchev–Trinajstić information content (AvgIpc) is 4.10. The smallest absolute Gasteiger partial charge is 0.119 e. The lowest BCUT2D eigenvalue weighted by Gasteiger charge is -2.26. The Balaban J connectivity index is 1.03. The van der Waals surface area contributed by atoms with E-state index in [1.54, 1.807) is 0 Å². The van der Waals surface area contributed by atoms with Gasteiger partial charge in [0.25, 0.3) is 0 Å². The summed E-state index contributed by atoms with van der Waals surface area (Å²) in [5, 5.41) is 0. The van der Waals surface area contributed by atoms with Crippen LogP contribution >= 0.6 is 0 Å². The van der Waals surface area contributed by atoms with Gasteiger partial charge in [0.2, 0.25) is 0 Å². The van der Waals surface area contributed by atoms with Gasteiger partial charge >= 0.3 is 0 Å². The Labute approximate surface area is 281 Å². The summed E-state index contributed by atoms with van der Waals surface area (Å²) in [6.45, 7) is 2.75. The predicted molar refractivity (Wildman–Crippen MR) is 192 cm³/mol. The number of ether oxygens (including phenoxy) is 4. The molecule has 6 aromatic rings. The first-order valence-corrected chi connectivity index (χ1v) is 16.4. The van der Waals surface area contributed by atoms with E-state index in [0.29, 0.717) is 13.2 Å². The fourth-order valence-corrected chi connectivity index (χ4v) is 5.74. The highest BCUT2D eigenvalue weighted by atomic mass is 16.6. The van der Waals surface area contributed by atoms with Crippen LogP contribution in [0.15, 0.2) is 158 Å². The number of nitrogens with zero attached hydrogens (tertiary/aromatic N) is 2. The predicted octanol–water partition coefficient (Wildman–Crippen LogP) is 9.85. The highest BCUT2D eigenvalue weighted by Crippen LogP contribution is 2.38. The lowest BCUT2D eigenvalue weighted by atomic mass is 10.0. The van der Waals surface area contributed by atoms with Gasteiger partial charge in [-0.25, -0.2) is 0 Å². The van der Waals surface area contributed by atoms with Crippen LogP contribution in [0.1, 0.15) is 0 Å². The molecule has 0 radical (unpaired) electrons. The fourth-order valence-electron chi connectivity index (χ4n) is 5.74. The Morgan fingerprint density at radius 3 is 1.00 bits per heavy atom. The van der Waals surface area contributed by atoms with Crippen molar-refractivity contribution in [1.82, 2.24) is 0 Å². The molecule has 0 spiro atoms. The monoisotopic (exact) mass is 632 g/mol. The second-order valence-corrected chi connectivity index (χ2v) is 12.0. The van der Waals surface area contributed by atoms with Gasteiger partial charge in [-0.3, -0.25) is 0 Å². The quantitative estimate of drug-likeness (QED) is 0.118. The van der Waals surface area contributed by atoms with E-state index in [1.807, 2.05) is 36.4 Å². The SMILES string of the molecule is c1ccc(N(c2ccc(OCC3CO3)cc2)c2ccc(-c3ccc(N(c4ccccc4)c4ccc(OCC5CO5)cc4)cc3)cc2)cc1. The molecule has 6 nitrogen and oxygen atoms in total. The highest BCUT2D eigenvalue weighted by Gasteiger charge is 2.24. The number of epoxide rings is 2. The first-order valence-electron chi connectivity index (χ1n) is 16.4. The van der Waals surface area contributed by atoms with Crippen LogP contribution in [-0.4, -0.2) is 38.6 Å². The Bertz CT molecular complexity index is 1760. The molecule has 6 heteroatoms. The first-order chi connectivity index (χ1) is 23.8. The zero-order valence-electron chi connectivity index (χ0n) is 26.5. The number of hydrogen-bond acceptors (Lipinski definition) is 6. The summed E-state index contributed by atoms with van der Waals surface area (Å²) in [7, 11) is 0. The van der Waals surface area contributed by atoms with Crippen LogP contribution in [0.3, 0.4) is 0 Å². The molecule has 0 bridgehead atoms. The molecule has 0 amide bonds. The van der Waals surface area contributed by atoms with E-state index in [1.165, 1.54) is 0 Å². The molecule has 2 aliphatic rings. The molecule has 2 aliphatic heterocycles. The highest BCUT2D eigenvalue weighted by molar-refractivity contribution is 5.80. The third kappa shape index (κ3) is 7.05. The van der Waals surface area contributed by atoms with Crippen LogP contribution < -0.4 is 19.3 Å². The number of benzene rings is 6. The molecule has 2 unspecified atom stereocenters. The maximum absolute atomic E-state index is 5.88. The van der Waals surface area contributed by atoms with E-state index in [2.05, 4.69) is 131 Å². The molecule has 238 valence electrons. The number of anilines is 6. The molecular formula is C42H36N2O4. The van der Waals surface area contributed by atoms with Gasteiger partial charge in [-0.1, -0.05) is 60.7 Å². The molecule has 48 heavy (non-hydrogen) atoms.